The van der Waals surface area contributed by atoms with E-state index in [-0.39, 0.29) is 41.8 Å². The maximum absolute atomic E-state index is 13.7. The van der Waals surface area contributed by atoms with Gasteiger partial charge in [0, 0.05) is 46.4 Å². The number of hydrogen-bond acceptors (Lipinski definition) is 3. The van der Waals surface area contributed by atoms with Crippen molar-refractivity contribution >= 4 is 35.8 Å². The van der Waals surface area contributed by atoms with Crippen LogP contribution in [-0.2, 0) is 16.0 Å². The number of nitrogens with one attached hydrogen (secondary N) is 1. The molecule has 150 valence electrons. The summed E-state index contributed by atoms with van der Waals surface area (Å²) in [5.41, 5.74) is 0.697. The van der Waals surface area contributed by atoms with Crippen LogP contribution in [0.15, 0.2) is 29.3 Å². The molecule has 1 amide bonds. The largest absolute Gasteiger partial charge is 0.368 e. The number of benzene rings is 1. The van der Waals surface area contributed by atoms with Crippen molar-refractivity contribution in [3.8, 4) is 0 Å². The molecular formula is C19H28FIN4O2. The minimum absolute atomic E-state index is 0. The third kappa shape index (κ3) is 5.78. The smallest absolute Gasteiger partial charge is 0.251 e. The average molecular weight is 490 g/mol. The van der Waals surface area contributed by atoms with Crippen LogP contribution in [0, 0.1) is 5.82 Å². The van der Waals surface area contributed by atoms with Crippen molar-refractivity contribution in [2.24, 2.45) is 4.99 Å². The van der Waals surface area contributed by atoms with Crippen LogP contribution in [0.1, 0.15) is 18.4 Å². The lowest BCUT2D eigenvalue weighted by Crippen LogP contribution is -2.55. The number of halogens is 2. The van der Waals surface area contributed by atoms with E-state index in [2.05, 4.69) is 15.2 Å². The Hall–Kier alpha value is -1.42. The number of ether oxygens (including phenoxy) is 1. The lowest BCUT2D eigenvalue weighted by molar-refractivity contribution is -0.142. The molecule has 1 N–H and O–H groups in total. The van der Waals surface area contributed by atoms with Gasteiger partial charge in [-0.25, -0.2) is 4.39 Å². The van der Waals surface area contributed by atoms with Gasteiger partial charge in [0.2, 0.25) is 0 Å². The highest BCUT2D eigenvalue weighted by molar-refractivity contribution is 14.0. The van der Waals surface area contributed by atoms with Crippen LogP contribution in [-0.4, -0.2) is 74.1 Å². The van der Waals surface area contributed by atoms with Gasteiger partial charge in [-0.05, 0) is 30.9 Å². The molecule has 2 heterocycles. The van der Waals surface area contributed by atoms with Crippen molar-refractivity contribution in [2.75, 3.05) is 46.4 Å². The summed E-state index contributed by atoms with van der Waals surface area (Å²) >= 11 is 0. The van der Waals surface area contributed by atoms with E-state index in [1.165, 1.54) is 6.07 Å². The van der Waals surface area contributed by atoms with Crippen LogP contribution in [0.5, 0.6) is 0 Å². The number of carbonyl (C=O) groups excluding carboxylic acids is 1. The van der Waals surface area contributed by atoms with Crippen LogP contribution in [0.2, 0.25) is 0 Å². The standard InChI is InChI=1S/C19H27FN4O2.HI/c1-21-19(22-9-8-15-5-2-3-6-16(15)20)24-12-10-23(11-13-24)18(25)17-7-4-14-26-17;/h2-3,5-6,17H,4,7-14H2,1H3,(H,21,22);1H. The minimum atomic E-state index is -0.250. The number of rotatable bonds is 4. The highest BCUT2D eigenvalue weighted by Crippen LogP contribution is 2.16. The second kappa shape index (κ2) is 10.8. The third-order valence-electron chi connectivity index (χ3n) is 4.94. The molecule has 2 aliphatic rings. The summed E-state index contributed by atoms with van der Waals surface area (Å²) in [6.45, 7) is 4.12. The van der Waals surface area contributed by atoms with Crippen molar-refractivity contribution in [3.05, 3.63) is 35.6 Å². The van der Waals surface area contributed by atoms with Crippen molar-refractivity contribution in [1.82, 2.24) is 15.1 Å². The topological polar surface area (TPSA) is 57.2 Å². The number of piperazine rings is 1. The van der Waals surface area contributed by atoms with Crippen LogP contribution >= 0.6 is 24.0 Å². The molecule has 0 radical (unpaired) electrons. The fourth-order valence-electron chi connectivity index (χ4n) is 3.46. The first-order valence-corrected chi connectivity index (χ1v) is 9.28. The Bertz CT molecular complexity index is 644. The van der Waals surface area contributed by atoms with E-state index in [9.17, 15) is 9.18 Å². The summed E-state index contributed by atoms with van der Waals surface area (Å²) in [7, 11) is 1.75. The molecule has 2 fully saturated rings. The summed E-state index contributed by atoms with van der Waals surface area (Å²) in [5, 5.41) is 3.30. The molecule has 2 aliphatic heterocycles. The molecule has 27 heavy (non-hydrogen) atoms. The monoisotopic (exact) mass is 490 g/mol. The first-order valence-electron chi connectivity index (χ1n) is 9.28. The molecule has 0 saturated carbocycles. The van der Waals surface area contributed by atoms with Gasteiger partial charge in [-0.3, -0.25) is 9.79 Å². The van der Waals surface area contributed by atoms with E-state index < -0.39 is 0 Å². The Morgan fingerprint density at radius 1 is 1.26 bits per heavy atom. The summed E-state index contributed by atoms with van der Waals surface area (Å²) in [6.07, 6.45) is 2.15. The second-order valence-electron chi connectivity index (χ2n) is 6.63. The van der Waals surface area contributed by atoms with E-state index in [0.717, 1.165) is 31.9 Å². The number of amides is 1. The zero-order valence-electron chi connectivity index (χ0n) is 15.7. The van der Waals surface area contributed by atoms with Gasteiger partial charge in [0.1, 0.15) is 11.9 Å². The Labute approximate surface area is 177 Å². The Morgan fingerprint density at radius 3 is 2.59 bits per heavy atom. The molecule has 1 unspecified atom stereocenters. The molecule has 1 atom stereocenters. The number of hydrogen-bond donors (Lipinski definition) is 1. The maximum atomic E-state index is 13.7. The van der Waals surface area contributed by atoms with Crippen LogP contribution in [0.25, 0.3) is 0 Å². The lowest BCUT2D eigenvalue weighted by Gasteiger charge is -2.37. The van der Waals surface area contributed by atoms with E-state index >= 15 is 0 Å². The van der Waals surface area contributed by atoms with E-state index in [4.69, 9.17) is 4.74 Å². The van der Waals surface area contributed by atoms with E-state index in [1.54, 1.807) is 19.2 Å². The van der Waals surface area contributed by atoms with Crippen molar-refractivity contribution in [3.63, 3.8) is 0 Å². The maximum Gasteiger partial charge on any atom is 0.251 e. The number of carbonyl (C=O) groups is 1. The molecule has 1 aromatic rings. The van der Waals surface area contributed by atoms with Gasteiger partial charge in [0.15, 0.2) is 5.96 Å². The summed E-state index contributed by atoms with van der Waals surface area (Å²) < 4.78 is 19.2. The van der Waals surface area contributed by atoms with Gasteiger partial charge in [0.25, 0.3) is 5.91 Å². The lowest BCUT2D eigenvalue weighted by atomic mass is 10.1. The first-order chi connectivity index (χ1) is 12.7. The molecule has 0 bridgehead atoms. The molecule has 0 aliphatic carbocycles. The molecule has 2 saturated heterocycles. The molecule has 0 aromatic heterocycles. The van der Waals surface area contributed by atoms with Gasteiger partial charge in [-0.1, -0.05) is 18.2 Å². The van der Waals surface area contributed by atoms with Gasteiger partial charge in [-0.15, -0.1) is 24.0 Å². The predicted molar refractivity (Wildman–Crippen MR) is 114 cm³/mol. The van der Waals surface area contributed by atoms with Gasteiger partial charge >= 0.3 is 0 Å². The van der Waals surface area contributed by atoms with E-state index in [0.29, 0.717) is 38.2 Å². The van der Waals surface area contributed by atoms with Gasteiger partial charge in [-0.2, -0.15) is 0 Å². The third-order valence-corrected chi connectivity index (χ3v) is 4.94. The van der Waals surface area contributed by atoms with Crippen LogP contribution < -0.4 is 5.32 Å². The van der Waals surface area contributed by atoms with Crippen molar-refractivity contribution in [2.45, 2.75) is 25.4 Å². The minimum Gasteiger partial charge on any atom is -0.368 e. The Morgan fingerprint density at radius 2 is 1.96 bits per heavy atom. The van der Waals surface area contributed by atoms with E-state index in [1.807, 2.05) is 11.0 Å². The van der Waals surface area contributed by atoms with Gasteiger partial charge < -0.3 is 19.9 Å². The molecule has 0 spiro atoms. The summed E-state index contributed by atoms with van der Waals surface area (Å²) in [5.74, 6) is 0.737. The molecule has 3 rings (SSSR count). The predicted octanol–water partition coefficient (Wildman–Crippen LogP) is 1.88. The summed E-state index contributed by atoms with van der Waals surface area (Å²) in [6, 6.07) is 6.82. The molecule has 1 aromatic carbocycles. The number of aliphatic imine (C=N–C) groups is 1. The Kier molecular flexibility index (Phi) is 8.75. The summed E-state index contributed by atoms with van der Waals surface area (Å²) in [4.78, 5) is 20.8. The SMILES string of the molecule is CN=C(NCCc1ccccc1F)N1CCN(C(=O)C2CCCO2)CC1.I. The average Bonchev–Trinajstić information content (AvgIpc) is 3.21. The number of nitrogens with zero attached hydrogens (tertiary/aromatic N) is 3. The normalized spacial score (nSPS) is 20.4. The van der Waals surface area contributed by atoms with Crippen LogP contribution in [0.3, 0.4) is 0 Å². The quantitative estimate of drug-likeness (QED) is 0.398. The fraction of sp³-hybridized carbons (Fsp3) is 0.579. The van der Waals surface area contributed by atoms with Crippen LogP contribution in [0.4, 0.5) is 4.39 Å². The number of guanidine groups is 1. The van der Waals surface area contributed by atoms with Crippen molar-refractivity contribution in [1.29, 1.82) is 0 Å². The van der Waals surface area contributed by atoms with Gasteiger partial charge in [0.05, 0.1) is 0 Å². The highest BCUT2D eigenvalue weighted by atomic mass is 127. The molecular weight excluding hydrogens is 462 g/mol. The highest BCUT2D eigenvalue weighted by Gasteiger charge is 2.30. The zero-order chi connectivity index (χ0) is 18.4. The molecule has 8 heteroatoms. The molecule has 6 nitrogen and oxygen atoms in total. The zero-order valence-corrected chi connectivity index (χ0v) is 18.0. The second-order valence-corrected chi connectivity index (χ2v) is 6.63. The first kappa shape index (κ1) is 21.9. The Balaban J connectivity index is 0.00000261. The fourth-order valence-corrected chi connectivity index (χ4v) is 3.46. The van der Waals surface area contributed by atoms with Crippen molar-refractivity contribution < 1.29 is 13.9 Å².